The van der Waals surface area contributed by atoms with Crippen molar-refractivity contribution in [2.45, 2.75) is 52.5 Å². The van der Waals surface area contributed by atoms with Gasteiger partial charge in [0.25, 0.3) is 0 Å². The third-order valence-electron chi connectivity index (χ3n) is 4.82. The van der Waals surface area contributed by atoms with Crippen LogP contribution in [0.5, 0.6) is 0 Å². The van der Waals surface area contributed by atoms with E-state index in [9.17, 15) is 0 Å². The summed E-state index contributed by atoms with van der Waals surface area (Å²) in [5.74, 6) is 2.78. The highest BCUT2D eigenvalue weighted by Crippen LogP contribution is 2.37. The molecule has 1 heterocycles. The Bertz CT molecular complexity index is 225. The van der Waals surface area contributed by atoms with Gasteiger partial charge in [0.1, 0.15) is 0 Å². The van der Waals surface area contributed by atoms with Gasteiger partial charge in [-0.05, 0) is 50.1 Å². The monoisotopic (exact) mass is 238 g/mol. The Morgan fingerprint density at radius 2 is 2.00 bits per heavy atom. The quantitative estimate of drug-likeness (QED) is 0.792. The second-order valence-corrected chi connectivity index (χ2v) is 6.37. The van der Waals surface area contributed by atoms with Gasteiger partial charge in [-0.2, -0.15) is 0 Å². The summed E-state index contributed by atoms with van der Waals surface area (Å²) in [7, 11) is 0. The van der Waals surface area contributed by atoms with Crippen molar-refractivity contribution in [2.75, 3.05) is 26.2 Å². The summed E-state index contributed by atoms with van der Waals surface area (Å²) in [6.07, 6.45) is 5.60. The molecule has 100 valence electrons. The van der Waals surface area contributed by atoms with Gasteiger partial charge < -0.3 is 10.2 Å². The molecule has 1 saturated heterocycles. The molecule has 1 aliphatic heterocycles. The molecule has 0 amide bonds. The molecule has 2 aliphatic rings. The van der Waals surface area contributed by atoms with Gasteiger partial charge >= 0.3 is 0 Å². The Kier molecular flexibility index (Phi) is 4.87. The van der Waals surface area contributed by atoms with E-state index in [0.29, 0.717) is 6.04 Å². The first-order valence-corrected chi connectivity index (χ1v) is 7.66. The lowest BCUT2D eigenvalue weighted by molar-refractivity contribution is 0.204. The lowest BCUT2D eigenvalue weighted by Gasteiger charge is -2.29. The molecule has 0 aromatic carbocycles. The Morgan fingerprint density at radius 1 is 1.24 bits per heavy atom. The van der Waals surface area contributed by atoms with Crippen LogP contribution in [0.25, 0.3) is 0 Å². The molecular formula is C15H30N2. The van der Waals surface area contributed by atoms with Crippen LogP contribution in [0.4, 0.5) is 0 Å². The summed E-state index contributed by atoms with van der Waals surface area (Å²) in [5.41, 5.74) is 0. The minimum atomic E-state index is 0.717. The zero-order valence-electron chi connectivity index (χ0n) is 11.9. The molecule has 3 unspecified atom stereocenters. The van der Waals surface area contributed by atoms with E-state index < -0.39 is 0 Å². The fraction of sp³-hybridized carbons (Fsp3) is 1.00. The molecule has 1 saturated carbocycles. The van der Waals surface area contributed by atoms with Gasteiger partial charge in [0.2, 0.25) is 0 Å². The molecule has 2 rings (SSSR count). The third-order valence-corrected chi connectivity index (χ3v) is 4.82. The van der Waals surface area contributed by atoms with Crippen molar-refractivity contribution >= 4 is 0 Å². The highest BCUT2D eigenvalue weighted by molar-refractivity contribution is 4.84. The maximum Gasteiger partial charge on any atom is 0.0220 e. The number of hydrogen-bond donors (Lipinski definition) is 1. The Labute approximate surface area is 107 Å². The number of nitrogens with zero attached hydrogens (tertiary/aromatic N) is 1. The lowest BCUT2D eigenvalue weighted by atomic mass is 9.98. The van der Waals surface area contributed by atoms with Gasteiger partial charge in [0.05, 0.1) is 0 Å². The summed E-state index contributed by atoms with van der Waals surface area (Å²) >= 11 is 0. The smallest absolute Gasteiger partial charge is 0.0220 e. The SMILES string of the molecule is CCC(C)C1CN(CC(C)C2CC2)CCCN1. The average Bonchev–Trinajstić information content (AvgIpc) is 3.14. The van der Waals surface area contributed by atoms with Crippen molar-refractivity contribution in [1.29, 1.82) is 0 Å². The average molecular weight is 238 g/mol. The standard InChI is InChI=1S/C15H30N2/c1-4-12(2)15-11-17(9-5-8-16-15)10-13(3)14-6-7-14/h12-16H,4-11H2,1-3H3. The summed E-state index contributed by atoms with van der Waals surface area (Å²) in [4.78, 5) is 2.72. The van der Waals surface area contributed by atoms with Crippen LogP contribution in [-0.2, 0) is 0 Å². The maximum atomic E-state index is 3.74. The molecule has 2 fully saturated rings. The van der Waals surface area contributed by atoms with Crippen LogP contribution >= 0.6 is 0 Å². The second kappa shape index (κ2) is 6.19. The van der Waals surface area contributed by atoms with E-state index in [1.165, 1.54) is 51.9 Å². The summed E-state index contributed by atoms with van der Waals surface area (Å²) in [6, 6.07) is 0.717. The Morgan fingerprint density at radius 3 is 2.65 bits per heavy atom. The van der Waals surface area contributed by atoms with Crippen LogP contribution in [0.15, 0.2) is 0 Å². The molecule has 1 aliphatic carbocycles. The number of hydrogen-bond acceptors (Lipinski definition) is 2. The van der Waals surface area contributed by atoms with Gasteiger partial charge in [-0.25, -0.2) is 0 Å². The van der Waals surface area contributed by atoms with Crippen LogP contribution < -0.4 is 5.32 Å². The van der Waals surface area contributed by atoms with E-state index in [1.807, 2.05) is 0 Å². The van der Waals surface area contributed by atoms with Crippen molar-refractivity contribution in [3.63, 3.8) is 0 Å². The molecule has 2 heteroatoms. The van der Waals surface area contributed by atoms with E-state index in [4.69, 9.17) is 0 Å². The van der Waals surface area contributed by atoms with Crippen molar-refractivity contribution in [1.82, 2.24) is 10.2 Å². The van der Waals surface area contributed by atoms with Gasteiger partial charge in [-0.15, -0.1) is 0 Å². The van der Waals surface area contributed by atoms with E-state index in [1.54, 1.807) is 0 Å². The van der Waals surface area contributed by atoms with Gasteiger partial charge in [0.15, 0.2) is 0 Å². The van der Waals surface area contributed by atoms with Crippen LogP contribution in [0.2, 0.25) is 0 Å². The zero-order chi connectivity index (χ0) is 12.3. The molecule has 3 atom stereocenters. The van der Waals surface area contributed by atoms with E-state index in [-0.39, 0.29) is 0 Å². The molecule has 17 heavy (non-hydrogen) atoms. The van der Waals surface area contributed by atoms with Crippen LogP contribution in [0.3, 0.4) is 0 Å². The molecule has 0 bridgehead atoms. The van der Waals surface area contributed by atoms with Gasteiger partial charge in [-0.3, -0.25) is 0 Å². The highest BCUT2D eigenvalue weighted by atomic mass is 15.2. The molecule has 0 spiro atoms. The summed E-state index contributed by atoms with van der Waals surface area (Å²) in [5, 5.41) is 3.74. The summed E-state index contributed by atoms with van der Waals surface area (Å²) < 4.78 is 0. The van der Waals surface area contributed by atoms with E-state index in [2.05, 4.69) is 31.0 Å². The molecule has 2 nitrogen and oxygen atoms in total. The fourth-order valence-electron chi connectivity index (χ4n) is 3.08. The second-order valence-electron chi connectivity index (χ2n) is 6.37. The van der Waals surface area contributed by atoms with E-state index >= 15 is 0 Å². The molecular weight excluding hydrogens is 208 g/mol. The van der Waals surface area contributed by atoms with Crippen molar-refractivity contribution in [3.8, 4) is 0 Å². The van der Waals surface area contributed by atoms with Crippen molar-refractivity contribution in [3.05, 3.63) is 0 Å². The first kappa shape index (κ1) is 13.4. The highest BCUT2D eigenvalue weighted by Gasteiger charge is 2.30. The largest absolute Gasteiger partial charge is 0.312 e. The lowest BCUT2D eigenvalue weighted by Crippen LogP contribution is -2.43. The third kappa shape index (κ3) is 3.96. The molecule has 0 aromatic rings. The maximum absolute atomic E-state index is 3.74. The van der Waals surface area contributed by atoms with Crippen LogP contribution in [-0.4, -0.2) is 37.1 Å². The number of nitrogens with one attached hydrogen (secondary N) is 1. The molecule has 0 radical (unpaired) electrons. The predicted octanol–water partition coefficient (Wildman–Crippen LogP) is 2.74. The number of rotatable bonds is 5. The van der Waals surface area contributed by atoms with Gasteiger partial charge in [-0.1, -0.05) is 27.2 Å². The van der Waals surface area contributed by atoms with Crippen LogP contribution in [0, 0.1) is 17.8 Å². The van der Waals surface area contributed by atoms with Gasteiger partial charge in [0, 0.05) is 19.1 Å². The predicted molar refractivity (Wildman–Crippen MR) is 74.2 cm³/mol. The first-order chi connectivity index (χ1) is 8.20. The minimum Gasteiger partial charge on any atom is -0.312 e. The summed E-state index contributed by atoms with van der Waals surface area (Å²) in [6.45, 7) is 12.3. The minimum absolute atomic E-state index is 0.717. The normalized spacial score (nSPS) is 30.9. The topological polar surface area (TPSA) is 15.3 Å². The Balaban J connectivity index is 1.82. The Hall–Kier alpha value is -0.0800. The molecule has 0 aromatic heterocycles. The van der Waals surface area contributed by atoms with Crippen molar-refractivity contribution in [2.24, 2.45) is 17.8 Å². The zero-order valence-corrected chi connectivity index (χ0v) is 11.9. The van der Waals surface area contributed by atoms with Crippen LogP contribution in [0.1, 0.15) is 46.5 Å². The first-order valence-electron chi connectivity index (χ1n) is 7.66. The molecule has 1 N–H and O–H groups in total. The fourth-order valence-corrected chi connectivity index (χ4v) is 3.08. The van der Waals surface area contributed by atoms with Crippen molar-refractivity contribution < 1.29 is 0 Å². The van der Waals surface area contributed by atoms with E-state index in [0.717, 1.165) is 17.8 Å².